The molecule has 1 N–H and O–H groups in total. The molecule has 1 aliphatic heterocycles. The Morgan fingerprint density at radius 1 is 1.28 bits per heavy atom. The molecular formula is C20H26N2O3. The molecule has 5 nitrogen and oxygen atoms in total. The second-order valence-electron chi connectivity index (χ2n) is 6.75. The molecule has 1 amide bonds. The molecule has 1 aliphatic rings. The van der Waals surface area contributed by atoms with Gasteiger partial charge in [-0.1, -0.05) is 18.2 Å². The molecule has 0 aromatic heterocycles. The molecule has 1 fully saturated rings. The van der Waals surface area contributed by atoms with Crippen LogP contribution in [-0.2, 0) is 11.3 Å². The van der Waals surface area contributed by atoms with Crippen molar-refractivity contribution < 1.29 is 14.6 Å². The average molecular weight is 342 g/mol. The van der Waals surface area contributed by atoms with E-state index in [2.05, 4.69) is 23.1 Å². The van der Waals surface area contributed by atoms with Gasteiger partial charge in [0, 0.05) is 19.6 Å². The predicted octanol–water partition coefficient (Wildman–Crippen LogP) is 2.26. The molecule has 2 aromatic rings. The number of aliphatic hydroxyl groups excluding tert-OH is 1. The summed E-state index contributed by atoms with van der Waals surface area (Å²) in [7, 11) is 3.50. The number of methoxy groups -OCH3 is 1. The third-order valence-electron chi connectivity index (χ3n) is 5.01. The van der Waals surface area contributed by atoms with Crippen LogP contribution in [0.1, 0.15) is 18.4 Å². The minimum Gasteiger partial charge on any atom is -0.497 e. The summed E-state index contributed by atoms with van der Waals surface area (Å²) < 4.78 is 5.25. The van der Waals surface area contributed by atoms with Crippen molar-refractivity contribution in [2.45, 2.75) is 25.4 Å². The van der Waals surface area contributed by atoms with Gasteiger partial charge in [-0.05, 0) is 53.9 Å². The molecule has 1 saturated heterocycles. The Hall–Kier alpha value is -2.11. The highest BCUT2D eigenvalue weighted by molar-refractivity contribution is 5.84. The van der Waals surface area contributed by atoms with Gasteiger partial charge in [0.15, 0.2) is 0 Å². The number of carbonyl (C=O) groups is 1. The van der Waals surface area contributed by atoms with Crippen molar-refractivity contribution in [1.29, 1.82) is 0 Å². The first kappa shape index (κ1) is 17.7. The minimum atomic E-state index is 0.0928. The summed E-state index contributed by atoms with van der Waals surface area (Å²) in [5.74, 6) is 0.937. The van der Waals surface area contributed by atoms with Crippen LogP contribution in [0.15, 0.2) is 36.4 Å². The lowest BCUT2D eigenvalue weighted by Crippen LogP contribution is -2.41. The highest BCUT2D eigenvalue weighted by atomic mass is 16.5. The number of ether oxygens (including phenoxy) is 1. The molecule has 0 radical (unpaired) electrons. The van der Waals surface area contributed by atoms with Crippen LogP contribution >= 0.6 is 0 Å². The number of likely N-dealkylation sites (N-methyl/N-ethyl adjacent to an activating group) is 1. The topological polar surface area (TPSA) is 53.0 Å². The zero-order chi connectivity index (χ0) is 17.8. The Morgan fingerprint density at radius 3 is 2.80 bits per heavy atom. The van der Waals surface area contributed by atoms with Crippen molar-refractivity contribution in [1.82, 2.24) is 9.80 Å². The van der Waals surface area contributed by atoms with Gasteiger partial charge in [0.2, 0.25) is 5.91 Å². The van der Waals surface area contributed by atoms with E-state index in [1.165, 1.54) is 0 Å². The second-order valence-corrected chi connectivity index (χ2v) is 6.75. The number of nitrogens with zero attached hydrogens (tertiary/aromatic N) is 2. The molecule has 5 heteroatoms. The van der Waals surface area contributed by atoms with E-state index in [-0.39, 0.29) is 18.6 Å². The summed E-state index contributed by atoms with van der Waals surface area (Å²) in [4.78, 5) is 16.3. The van der Waals surface area contributed by atoms with Gasteiger partial charge in [-0.25, -0.2) is 0 Å². The number of amides is 1. The summed E-state index contributed by atoms with van der Waals surface area (Å²) in [5, 5.41) is 11.6. The van der Waals surface area contributed by atoms with E-state index in [0.717, 1.165) is 41.5 Å². The molecular weight excluding hydrogens is 316 g/mol. The molecule has 0 spiro atoms. The summed E-state index contributed by atoms with van der Waals surface area (Å²) in [6.45, 7) is 1.98. The van der Waals surface area contributed by atoms with E-state index in [1.807, 2.05) is 25.2 Å². The van der Waals surface area contributed by atoms with Crippen molar-refractivity contribution in [3.63, 3.8) is 0 Å². The zero-order valence-corrected chi connectivity index (χ0v) is 14.9. The Bertz CT molecular complexity index is 747. The maximum atomic E-state index is 12.5. The fourth-order valence-electron chi connectivity index (χ4n) is 3.47. The van der Waals surface area contributed by atoms with Crippen LogP contribution in [-0.4, -0.2) is 60.7 Å². The quantitative estimate of drug-likeness (QED) is 0.875. The van der Waals surface area contributed by atoms with E-state index >= 15 is 0 Å². The maximum absolute atomic E-state index is 12.5. The molecule has 25 heavy (non-hydrogen) atoms. The lowest BCUT2D eigenvalue weighted by molar-refractivity contribution is -0.132. The fraction of sp³-hybridized carbons (Fsp3) is 0.450. The lowest BCUT2D eigenvalue weighted by atomic mass is 10.1. The third-order valence-corrected chi connectivity index (χ3v) is 5.01. The van der Waals surface area contributed by atoms with Crippen LogP contribution < -0.4 is 4.74 Å². The van der Waals surface area contributed by atoms with Crippen LogP contribution in [0.4, 0.5) is 0 Å². The van der Waals surface area contributed by atoms with Gasteiger partial charge in [-0.15, -0.1) is 0 Å². The van der Waals surface area contributed by atoms with Crippen molar-refractivity contribution in [2.75, 3.05) is 33.9 Å². The van der Waals surface area contributed by atoms with E-state index in [4.69, 9.17) is 4.74 Å². The fourth-order valence-corrected chi connectivity index (χ4v) is 3.47. The van der Waals surface area contributed by atoms with Crippen molar-refractivity contribution >= 4 is 16.7 Å². The average Bonchev–Trinajstić information content (AvgIpc) is 3.08. The Morgan fingerprint density at radius 2 is 2.04 bits per heavy atom. The smallest absolute Gasteiger partial charge is 0.236 e. The second kappa shape index (κ2) is 7.85. The third kappa shape index (κ3) is 4.11. The molecule has 0 unspecified atom stereocenters. The largest absolute Gasteiger partial charge is 0.497 e. The van der Waals surface area contributed by atoms with Gasteiger partial charge in [-0.2, -0.15) is 0 Å². The monoisotopic (exact) mass is 342 g/mol. The molecule has 1 atom stereocenters. The van der Waals surface area contributed by atoms with Crippen LogP contribution in [0, 0.1) is 0 Å². The SMILES string of the molecule is COc1ccc2cc(CN(C)C(=O)CN3CCC[C@@H]3CO)ccc2c1. The van der Waals surface area contributed by atoms with Crippen molar-refractivity contribution in [3.8, 4) is 5.75 Å². The van der Waals surface area contributed by atoms with E-state index in [9.17, 15) is 9.90 Å². The number of hydrogen-bond acceptors (Lipinski definition) is 4. The number of benzene rings is 2. The summed E-state index contributed by atoms with van der Waals surface area (Å²) in [6, 6.07) is 12.4. The maximum Gasteiger partial charge on any atom is 0.236 e. The van der Waals surface area contributed by atoms with E-state index in [0.29, 0.717) is 13.1 Å². The molecule has 3 rings (SSSR count). The molecule has 0 saturated carbocycles. The van der Waals surface area contributed by atoms with Gasteiger partial charge < -0.3 is 14.7 Å². The molecule has 0 aliphatic carbocycles. The van der Waals surface area contributed by atoms with Crippen LogP contribution in [0.5, 0.6) is 5.75 Å². The zero-order valence-electron chi connectivity index (χ0n) is 14.9. The summed E-state index contributed by atoms with van der Waals surface area (Å²) in [6.07, 6.45) is 2.03. The number of fused-ring (bicyclic) bond motifs is 1. The number of aliphatic hydroxyl groups is 1. The highest BCUT2D eigenvalue weighted by Gasteiger charge is 2.26. The van der Waals surface area contributed by atoms with Crippen LogP contribution in [0.3, 0.4) is 0 Å². The summed E-state index contributed by atoms with van der Waals surface area (Å²) >= 11 is 0. The predicted molar refractivity (Wildman–Crippen MR) is 98.7 cm³/mol. The van der Waals surface area contributed by atoms with Crippen LogP contribution in [0.25, 0.3) is 10.8 Å². The first-order chi connectivity index (χ1) is 12.1. The number of likely N-dealkylation sites (tertiary alicyclic amines) is 1. The van der Waals surface area contributed by atoms with Gasteiger partial charge in [0.05, 0.1) is 20.3 Å². The van der Waals surface area contributed by atoms with Crippen molar-refractivity contribution in [2.24, 2.45) is 0 Å². The van der Waals surface area contributed by atoms with Gasteiger partial charge in [0.1, 0.15) is 5.75 Å². The molecule has 134 valence electrons. The van der Waals surface area contributed by atoms with Crippen molar-refractivity contribution in [3.05, 3.63) is 42.0 Å². The standard InChI is InChI=1S/C20H26N2O3/c1-21(20(24)13-22-9-3-4-18(22)14-23)12-15-5-6-17-11-19(25-2)8-7-16(17)10-15/h5-8,10-11,18,23H,3-4,9,12-14H2,1-2H3/t18-/m1/s1. The minimum absolute atomic E-state index is 0.0928. The Labute approximate surface area is 148 Å². The van der Waals surface area contributed by atoms with E-state index < -0.39 is 0 Å². The Kier molecular flexibility index (Phi) is 5.56. The van der Waals surface area contributed by atoms with Gasteiger partial charge >= 0.3 is 0 Å². The highest BCUT2D eigenvalue weighted by Crippen LogP contribution is 2.22. The first-order valence-electron chi connectivity index (χ1n) is 8.76. The normalized spacial score (nSPS) is 17.8. The van der Waals surface area contributed by atoms with Gasteiger partial charge in [-0.3, -0.25) is 9.69 Å². The van der Waals surface area contributed by atoms with Crippen LogP contribution in [0.2, 0.25) is 0 Å². The summed E-state index contributed by atoms with van der Waals surface area (Å²) in [5.41, 5.74) is 1.11. The Balaban J connectivity index is 1.64. The van der Waals surface area contributed by atoms with E-state index in [1.54, 1.807) is 12.0 Å². The van der Waals surface area contributed by atoms with Gasteiger partial charge in [0.25, 0.3) is 0 Å². The number of rotatable bonds is 6. The first-order valence-corrected chi connectivity index (χ1v) is 8.76. The molecule has 1 heterocycles. The molecule has 0 bridgehead atoms. The lowest BCUT2D eigenvalue weighted by Gasteiger charge is -2.25. The number of carbonyl (C=O) groups excluding carboxylic acids is 1. The number of hydrogen-bond donors (Lipinski definition) is 1. The molecule has 2 aromatic carbocycles.